The maximum atomic E-state index is 6.37. The molecule has 6 heteroatoms. The van der Waals surface area contributed by atoms with E-state index in [0.29, 0.717) is 0 Å². The van der Waals surface area contributed by atoms with Crippen molar-refractivity contribution in [1.82, 2.24) is 0 Å². The fraction of sp³-hybridized carbons (Fsp3) is 0.905. The Bertz CT molecular complexity index is 513. The molecule has 158 valence electrons. The normalized spacial score (nSPS) is 21.0. The Hall–Kier alpha value is 0.119. The van der Waals surface area contributed by atoms with Gasteiger partial charge in [-0.25, -0.2) is 0 Å². The Morgan fingerprint density at radius 2 is 1.44 bits per heavy atom. The highest BCUT2D eigenvalue weighted by atomic mass is 28.4. The highest BCUT2D eigenvalue weighted by molar-refractivity contribution is 6.83. The zero-order valence-electron chi connectivity index (χ0n) is 20.2. The van der Waals surface area contributed by atoms with E-state index in [0.717, 1.165) is 25.8 Å². The monoisotopic (exact) mass is 412 g/mol. The largest absolute Gasteiger partial charge is 0.461 e. The zero-order chi connectivity index (χ0) is 21.3. The third-order valence-electron chi connectivity index (χ3n) is 6.68. The molecular formula is C21H45BO3Si2. The van der Waals surface area contributed by atoms with Crippen LogP contribution in [0.3, 0.4) is 0 Å². The standard InChI is InChI=1S/C21H45BO3Si2/c1-19(2,3)27(11,12)23-17-13-14-18(26(8,9)10)15-16-22-24-20(4,5)21(6,7)25-22/h15H,13-14,16-17H2,1-12H3/b18-15-. The van der Waals surface area contributed by atoms with Gasteiger partial charge in [-0.05, 0) is 58.7 Å². The quantitative estimate of drug-likeness (QED) is 0.328. The minimum atomic E-state index is -1.64. The Kier molecular flexibility index (Phi) is 7.89. The number of allylic oxidation sites excluding steroid dienone is 2. The number of rotatable bonds is 8. The molecule has 1 saturated heterocycles. The molecule has 27 heavy (non-hydrogen) atoms. The first-order chi connectivity index (χ1) is 11.9. The molecule has 0 spiro atoms. The number of hydrogen-bond acceptors (Lipinski definition) is 3. The summed E-state index contributed by atoms with van der Waals surface area (Å²) >= 11 is 0. The van der Waals surface area contributed by atoms with Crippen LogP contribution in [0.5, 0.6) is 0 Å². The lowest BCUT2D eigenvalue weighted by Gasteiger charge is -2.36. The first kappa shape index (κ1) is 25.2. The summed E-state index contributed by atoms with van der Waals surface area (Å²) < 4.78 is 18.7. The van der Waals surface area contributed by atoms with Gasteiger partial charge in [-0.1, -0.05) is 51.7 Å². The molecule has 0 aromatic rings. The molecule has 0 bridgehead atoms. The molecule has 1 rings (SSSR count). The van der Waals surface area contributed by atoms with E-state index in [1.165, 1.54) is 0 Å². The Labute approximate surface area is 171 Å². The third kappa shape index (κ3) is 6.84. The summed E-state index contributed by atoms with van der Waals surface area (Å²) in [5.41, 5.74) is -0.496. The molecule has 0 aromatic heterocycles. The van der Waals surface area contributed by atoms with E-state index < -0.39 is 16.4 Å². The van der Waals surface area contributed by atoms with Crippen molar-refractivity contribution in [3.8, 4) is 0 Å². The molecule has 1 aliphatic heterocycles. The van der Waals surface area contributed by atoms with Crippen LogP contribution in [0.25, 0.3) is 0 Å². The average Bonchev–Trinajstić information content (AvgIpc) is 2.62. The molecular weight excluding hydrogens is 367 g/mol. The summed E-state index contributed by atoms with van der Waals surface area (Å²) in [6.07, 6.45) is 5.48. The molecule has 1 heterocycles. The van der Waals surface area contributed by atoms with Crippen LogP contribution < -0.4 is 0 Å². The van der Waals surface area contributed by atoms with Gasteiger partial charge in [0.15, 0.2) is 8.32 Å². The van der Waals surface area contributed by atoms with Crippen LogP contribution in [0.4, 0.5) is 0 Å². The van der Waals surface area contributed by atoms with Gasteiger partial charge in [-0.2, -0.15) is 0 Å². The maximum Gasteiger partial charge on any atom is 0.461 e. The predicted molar refractivity (Wildman–Crippen MR) is 125 cm³/mol. The lowest BCUT2D eigenvalue weighted by molar-refractivity contribution is 0.00578. The minimum absolute atomic E-state index is 0.134. The summed E-state index contributed by atoms with van der Waals surface area (Å²) in [7, 11) is -3.13. The molecule has 0 saturated carbocycles. The smallest absolute Gasteiger partial charge is 0.417 e. The Morgan fingerprint density at radius 1 is 0.963 bits per heavy atom. The summed E-state index contributed by atoms with van der Waals surface area (Å²) in [5, 5.41) is 1.89. The first-order valence-corrected chi connectivity index (χ1v) is 17.0. The third-order valence-corrected chi connectivity index (χ3v) is 13.6. The van der Waals surface area contributed by atoms with Gasteiger partial charge in [0.05, 0.1) is 19.3 Å². The van der Waals surface area contributed by atoms with Gasteiger partial charge in [0.25, 0.3) is 0 Å². The highest BCUT2D eigenvalue weighted by Gasteiger charge is 2.50. The second-order valence-electron chi connectivity index (χ2n) is 11.6. The number of hydrogen-bond donors (Lipinski definition) is 0. The molecule has 0 atom stereocenters. The van der Waals surface area contributed by atoms with Gasteiger partial charge in [0, 0.05) is 12.9 Å². The van der Waals surface area contributed by atoms with Crippen molar-refractivity contribution in [3.05, 3.63) is 11.3 Å². The van der Waals surface area contributed by atoms with Crippen LogP contribution in [-0.4, -0.2) is 41.3 Å². The Morgan fingerprint density at radius 3 is 1.85 bits per heavy atom. The Balaban J connectivity index is 2.64. The molecule has 0 aliphatic carbocycles. The summed E-state index contributed by atoms with van der Waals surface area (Å²) in [5.74, 6) is 0. The minimum Gasteiger partial charge on any atom is -0.417 e. The molecule has 0 radical (unpaired) electrons. The lowest BCUT2D eigenvalue weighted by Crippen LogP contribution is -2.41. The van der Waals surface area contributed by atoms with E-state index >= 15 is 0 Å². The van der Waals surface area contributed by atoms with E-state index in [4.69, 9.17) is 13.7 Å². The molecule has 3 nitrogen and oxygen atoms in total. The summed E-state index contributed by atoms with van der Waals surface area (Å²) in [6, 6.07) is 0. The van der Waals surface area contributed by atoms with Crippen molar-refractivity contribution in [2.24, 2.45) is 0 Å². The SMILES string of the molecule is CC1(C)OB(C/C=C(/CCCO[Si](C)(C)C(C)(C)C)[Si](C)(C)C)OC1(C)C. The second kappa shape index (κ2) is 8.47. The van der Waals surface area contributed by atoms with Crippen molar-refractivity contribution < 1.29 is 13.7 Å². The van der Waals surface area contributed by atoms with Crippen LogP contribution >= 0.6 is 0 Å². The lowest BCUT2D eigenvalue weighted by atomic mass is 9.84. The van der Waals surface area contributed by atoms with Crippen LogP contribution in [0, 0.1) is 0 Å². The van der Waals surface area contributed by atoms with Gasteiger partial charge in [0.1, 0.15) is 0 Å². The van der Waals surface area contributed by atoms with E-state index in [1.54, 1.807) is 5.20 Å². The van der Waals surface area contributed by atoms with Gasteiger partial charge in [-0.15, -0.1) is 0 Å². The van der Waals surface area contributed by atoms with E-state index in [9.17, 15) is 0 Å². The second-order valence-corrected chi connectivity index (χ2v) is 21.6. The summed E-state index contributed by atoms with van der Waals surface area (Å²) in [4.78, 5) is 0. The van der Waals surface area contributed by atoms with Crippen molar-refractivity contribution >= 4 is 23.5 Å². The summed E-state index contributed by atoms with van der Waals surface area (Å²) in [6.45, 7) is 28.2. The molecule has 0 aromatic carbocycles. The molecule has 0 N–H and O–H groups in total. The first-order valence-electron chi connectivity index (χ1n) is 10.6. The van der Waals surface area contributed by atoms with E-state index in [2.05, 4.69) is 87.3 Å². The van der Waals surface area contributed by atoms with Gasteiger partial charge >= 0.3 is 7.12 Å². The van der Waals surface area contributed by atoms with E-state index in [-0.39, 0.29) is 23.4 Å². The molecule has 0 unspecified atom stereocenters. The molecule has 1 fully saturated rings. The average molecular weight is 413 g/mol. The van der Waals surface area contributed by atoms with Crippen molar-refractivity contribution in [1.29, 1.82) is 0 Å². The maximum absolute atomic E-state index is 6.37. The zero-order valence-corrected chi connectivity index (χ0v) is 22.2. The van der Waals surface area contributed by atoms with Gasteiger partial charge in [0.2, 0.25) is 0 Å². The topological polar surface area (TPSA) is 27.7 Å². The van der Waals surface area contributed by atoms with Gasteiger partial charge < -0.3 is 13.7 Å². The fourth-order valence-electron chi connectivity index (χ4n) is 2.89. The molecule has 0 amide bonds. The van der Waals surface area contributed by atoms with Crippen LogP contribution in [0.1, 0.15) is 61.3 Å². The van der Waals surface area contributed by atoms with E-state index in [1.807, 2.05) is 0 Å². The van der Waals surface area contributed by atoms with Crippen molar-refractivity contribution in [2.75, 3.05) is 6.61 Å². The van der Waals surface area contributed by atoms with Crippen molar-refractivity contribution in [3.63, 3.8) is 0 Å². The van der Waals surface area contributed by atoms with Crippen molar-refractivity contribution in [2.45, 2.75) is 117 Å². The predicted octanol–water partition coefficient (Wildman–Crippen LogP) is 6.68. The molecule has 1 aliphatic rings. The van der Waals surface area contributed by atoms with Crippen LogP contribution in [0.15, 0.2) is 11.3 Å². The highest BCUT2D eigenvalue weighted by Crippen LogP contribution is 2.38. The van der Waals surface area contributed by atoms with Gasteiger partial charge in [-0.3, -0.25) is 0 Å². The van der Waals surface area contributed by atoms with Crippen LogP contribution in [-0.2, 0) is 13.7 Å². The van der Waals surface area contributed by atoms with Crippen LogP contribution in [0.2, 0.25) is 44.1 Å². The fourth-order valence-corrected chi connectivity index (χ4v) is 5.63.